The number of carbonyl (C=O) groups is 1. The Bertz CT molecular complexity index is 756. The van der Waals surface area contributed by atoms with Crippen LogP contribution in [0.25, 0.3) is 0 Å². The molecule has 7 heteroatoms. The zero-order valence-corrected chi connectivity index (χ0v) is 16.3. The van der Waals surface area contributed by atoms with Gasteiger partial charge in [0.25, 0.3) is 0 Å². The predicted octanol–water partition coefficient (Wildman–Crippen LogP) is 1.37. The monoisotopic (exact) mass is 401 g/mol. The highest BCUT2D eigenvalue weighted by atomic mass is 16.7. The van der Waals surface area contributed by atoms with Gasteiger partial charge in [0.15, 0.2) is 6.29 Å². The zero-order valence-electron chi connectivity index (χ0n) is 16.3. The largest absolute Gasteiger partial charge is 0.394 e. The SMILES string of the molecule is CC(=O)N[C@@H]1[C@H](OCc2ccccc2)O[C@@H](CO)[C@H](O)[C@H]1OCc1ccccc1. The summed E-state index contributed by atoms with van der Waals surface area (Å²) in [6.45, 7) is 1.47. The highest BCUT2D eigenvalue weighted by Crippen LogP contribution is 2.26. The summed E-state index contributed by atoms with van der Waals surface area (Å²) in [5.41, 5.74) is 1.86. The molecule has 0 aromatic heterocycles. The number of hydrogen-bond acceptors (Lipinski definition) is 6. The van der Waals surface area contributed by atoms with Gasteiger partial charge in [0.05, 0.1) is 19.8 Å². The molecule has 156 valence electrons. The van der Waals surface area contributed by atoms with Crippen molar-refractivity contribution in [2.24, 2.45) is 0 Å². The molecule has 29 heavy (non-hydrogen) atoms. The van der Waals surface area contributed by atoms with Crippen molar-refractivity contribution in [2.75, 3.05) is 6.61 Å². The van der Waals surface area contributed by atoms with Crippen LogP contribution in [0.3, 0.4) is 0 Å². The minimum atomic E-state index is -1.13. The molecule has 1 heterocycles. The van der Waals surface area contributed by atoms with Gasteiger partial charge in [-0.2, -0.15) is 0 Å². The molecular weight excluding hydrogens is 374 g/mol. The lowest BCUT2D eigenvalue weighted by atomic mass is 9.96. The van der Waals surface area contributed by atoms with Gasteiger partial charge < -0.3 is 29.7 Å². The van der Waals surface area contributed by atoms with Crippen LogP contribution in [0.5, 0.6) is 0 Å². The second-order valence-electron chi connectivity index (χ2n) is 7.00. The molecule has 1 fully saturated rings. The Hall–Kier alpha value is -2.29. The van der Waals surface area contributed by atoms with Gasteiger partial charge in [-0.25, -0.2) is 0 Å². The molecule has 0 saturated carbocycles. The molecule has 5 atom stereocenters. The van der Waals surface area contributed by atoms with Crippen LogP contribution in [0.2, 0.25) is 0 Å². The maximum absolute atomic E-state index is 11.8. The quantitative estimate of drug-likeness (QED) is 0.618. The number of aliphatic hydroxyl groups is 2. The Balaban J connectivity index is 1.76. The fraction of sp³-hybridized carbons (Fsp3) is 0.409. The summed E-state index contributed by atoms with van der Waals surface area (Å²) in [7, 11) is 0. The molecule has 1 aliphatic rings. The molecule has 1 saturated heterocycles. The summed E-state index contributed by atoms with van der Waals surface area (Å²) in [5.74, 6) is -0.296. The highest BCUT2D eigenvalue weighted by molar-refractivity contribution is 5.73. The summed E-state index contributed by atoms with van der Waals surface area (Å²) in [6.07, 6.45) is -3.72. The average molecular weight is 401 g/mol. The van der Waals surface area contributed by atoms with E-state index in [0.717, 1.165) is 11.1 Å². The number of amides is 1. The van der Waals surface area contributed by atoms with Gasteiger partial charge in [-0.3, -0.25) is 4.79 Å². The molecule has 0 aliphatic carbocycles. The number of nitrogens with one attached hydrogen (secondary N) is 1. The fourth-order valence-electron chi connectivity index (χ4n) is 3.32. The van der Waals surface area contributed by atoms with E-state index in [1.807, 2.05) is 60.7 Å². The third-order valence-electron chi connectivity index (χ3n) is 4.77. The topological polar surface area (TPSA) is 97.3 Å². The first-order valence-corrected chi connectivity index (χ1v) is 9.61. The Morgan fingerprint density at radius 1 is 1.00 bits per heavy atom. The summed E-state index contributed by atoms with van der Waals surface area (Å²) >= 11 is 0. The molecule has 2 aromatic rings. The van der Waals surface area contributed by atoms with Gasteiger partial charge in [0.2, 0.25) is 5.91 Å². The van der Waals surface area contributed by atoms with Gasteiger partial charge in [0.1, 0.15) is 24.4 Å². The van der Waals surface area contributed by atoms with Crippen LogP contribution in [-0.4, -0.2) is 53.4 Å². The van der Waals surface area contributed by atoms with Crippen LogP contribution in [0.15, 0.2) is 60.7 Å². The van der Waals surface area contributed by atoms with Gasteiger partial charge in [-0.15, -0.1) is 0 Å². The van der Waals surface area contributed by atoms with E-state index in [-0.39, 0.29) is 19.1 Å². The van der Waals surface area contributed by atoms with Crippen LogP contribution in [0, 0.1) is 0 Å². The number of benzene rings is 2. The molecule has 0 spiro atoms. The Kier molecular flexibility index (Phi) is 7.74. The third kappa shape index (κ3) is 5.85. The maximum atomic E-state index is 11.8. The first-order chi connectivity index (χ1) is 14.1. The Labute approximate surface area is 170 Å². The van der Waals surface area contributed by atoms with E-state index in [4.69, 9.17) is 14.2 Å². The highest BCUT2D eigenvalue weighted by Gasteiger charge is 2.46. The van der Waals surface area contributed by atoms with Crippen molar-refractivity contribution in [3.05, 3.63) is 71.8 Å². The predicted molar refractivity (Wildman–Crippen MR) is 106 cm³/mol. The molecule has 0 bridgehead atoms. The van der Waals surface area contributed by atoms with E-state index in [1.165, 1.54) is 6.92 Å². The lowest BCUT2D eigenvalue weighted by molar-refractivity contribution is -0.281. The van der Waals surface area contributed by atoms with E-state index in [0.29, 0.717) is 0 Å². The normalized spacial score (nSPS) is 26.8. The lowest BCUT2D eigenvalue weighted by Gasteiger charge is -2.44. The molecule has 7 nitrogen and oxygen atoms in total. The Morgan fingerprint density at radius 2 is 1.55 bits per heavy atom. The lowest BCUT2D eigenvalue weighted by Crippen LogP contribution is -2.65. The summed E-state index contributed by atoms with van der Waals surface area (Å²) in [4.78, 5) is 11.8. The van der Waals surface area contributed by atoms with Gasteiger partial charge in [0, 0.05) is 6.92 Å². The van der Waals surface area contributed by atoms with Crippen LogP contribution < -0.4 is 5.32 Å². The van der Waals surface area contributed by atoms with E-state index in [9.17, 15) is 15.0 Å². The third-order valence-corrected chi connectivity index (χ3v) is 4.77. The number of ether oxygens (including phenoxy) is 3. The smallest absolute Gasteiger partial charge is 0.217 e. The van der Waals surface area contributed by atoms with E-state index in [1.54, 1.807) is 0 Å². The molecule has 3 rings (SSSR count). The van der Waals surface area contributed by atoms with E-state index >= 15 is 0 Å². The van der Waals surface area contributed by atoms with E-state index < -0.39 is 37.3 Å². The van der Waals surface area contributed by atoms with Crippen molar-refractivity contribution in [2.45, 2.75) is 50.8 Å². The molecule has 1 aliphatic heterocycles. The van der Waals surface area contributed by atoms with Crippen molar-refractivity contribution in [1.82, 2.24) is 5.32 Å². The number of rotatable bonds is 8. The minimum Gasteiger partial charge on any atom is -0.394 e. The summed E-state index contributed by atoms with van der Waals surface area (Å²) in [5, 5.41) is 23.1. The zero-order chi connectivity index (χ0) is 20.6. The Morgan fingerprint density at radius 3 is 2.07 bits per heavy atom. The molecule has 0 radical (unpaired) electrons. The maximum Gasteiger partial charge on any atom is 0.217 e. The van der Waals surface area contributed by atoms with Crippen LogP contribution >= 0.6 is 0 Å². The minimum absolute atomic E-state index is 0.238. The number of aliphatic hydroxyl groups excluding tert-OH is 2. The van der Waals surface area contributed by atoms with Gasteiger partial charge in [-0.1, -0.05) is 60.7 Å². The van der Waals surface area contributed by atoms with Crippen molar-refractivity contribution in [3.63, 3.8) is 0 Å². The first kappa shape index (κ1) is 21.4. The van der Waals surface area contributed by atoms with E-state index in [2.05, 4.69) is 5.32 Å². The molecule has 1 amide bonds. The van der Waals surface area contributed by atoms with Gasteiger partial charge in [-0.05, 0) is 11.1 Å². The fourth-order valence-corrected chi connectivity index (χ4v) is 3.32. The number of hydrogen-bond donors (Lipinski definition) is 3. The van der Waals surface area contributed by atoms with Crippen LogP contribution in [-0.2, 0) is 32.2 Å². The first-order valence-electron chi connectivity index (χ1n) is 9.61. The second-order valence-corrected chi connectivity index (χ2v) is 7.00. The second kappa shape index (κ2) is 10.5. The van der Waals surface area contributed by atoms with Crippen LogP contribution in [0.4, 0.5) is 0 Å². The van der Waals surface area contributed by atoms with Gasteiger partial charge >= 0.3 is 0 Å². The standard InChI is InChI=1S/C22H27NO6/c1-15(25)23-19-21(27-13-16-8-4-2-5-9-16)20(26)18(12-24)29-22(19)28-14-17-10-6-3-7-11-17/h2-11,18-22,24,26H,12-14H2,1H3,(H,23,25)/t18-,19-,20-,21-,22+/m0/s1. The van der Waals surface area contributed by atoms with Crippen molar-refractivity contribution in [1.29, 1.82) is 0 Å². The van der Waals surface area contributed by atoms with Crippen molar-refractivity contribution in [3.8, 4) is 0 Å². The molecule has 0 unspecified atom stereocenters. The van der Waals surface area contributed by atoms with Crippen molar-refractivity contribution >= 4 is 5.91 Å². The summed E-state index contributed by atoms with van der Waals surface area (Å²) in [6, 6.07) is 18.3. The molecular formula is C22H27NO6. The molecule has 3 N–H and O–H groups in total. The summed E-state index contributed by atoms with van der Waals surface area (Å²) < 4.78 is 17.6. The van der Waals surface area contributed by atoms with Crippen LogP contribution in [0.1, 0.15) is 18.1 Å². The molecule has 2 aromatic carbocycles. The van der Waals surface area contributed by atoms with Crippen molar-refractivity contribution < 1.29 is 29.2 Å². The average Bonchev–Trinajstić information content (AvgIpc) is 2.74. The number of carbonyl (C=O) groups excluding carboxylic acids is 1.